The largest absolute Gasteiger partial charge is 0.311 e. The van der Waals surface area contributed by atoms with Crippen LogP contribution in [-0.4, -0.2) is 26.9 Å². The molecule has 2 aromatic heterocycles. The first-order valence-electron chi connectivity index (χ1n) is 5.56. The van der Waals surface area contributed by atoms with Crippen molar-refractivity contribution in [3.63, 3.8) is 0 Å². The molecular formula is C10H17N5S. The highest BCUT2D eigenvalue weighted by Crippen LogP contribution is 2.24. The molecule has 6 heteroatoms. The first-order chi connectivity index (χ1) is 7.67. The number of aromatic nitrogens is 4. The Morgan fingerprint density at radius 3 is 2.69 bits per heavy atom. The van der Waals surface area contributed by atoms with E-state index in [9.17, 15) is 0 Å². The summed E-state index contributed by atoms with van der Waals surface area (Å²) in [5.74, 6) is 1.28. The molecule has 0 saturated carbocycles. The van der Waals surface area contributed by atoms with E-state index in [0.717, 1.165) is 22.2 Å². The minimum atomic E-state index is 0.312. The minimum Gasteiger partial charge on any atom is -0.311 e. The zero-order valence-electron chi connectivity index (χ0n) is 10.1. The van der Waals surface area contributed by atoms with Crippen LogP contribution in [0.3, 0.4) is 0 Å². The summed E-state index contributed by atoms with van der Waals surface area (Å²) in [6, 6.07) is 0.312. The quantitative estimate of drug-likeness (QED) is 0.886. The van der Waals surface area contributed by atoms with Gasteiger partial charge in [0.05, 0.1) is 6.04 Å². The molecule has 0 fully saturated rings. The Kier molecular flexibility index (Phi) is 3.20. The lowest BCUT2D eigenvalue weighted by atomic mass is 10.2. The van der Waals surface area contributed by atoms with Crippen molar-refractivity contribution < 1.29 is 0 Å². The predicted molar refractivity (Wildman–Crippen MR) is 64.8 cm³/mol. The van der Waals surface area contributed by atoms with Gasteiger partial charge in [0.2, 0.25) is 4.96 Å². The van der Waals surface area contributed by atoms with Crippen LogP contribution in [0, 0.1) is 0 Å². The Hall–Kier alpha value is -1.01. The van der Waals surface area contributed by atoms with Crippen LogP contribution in [-0.2, 0) is 0 Å². The van der Waals surface area contributed by atoms with Crippen molar-refractivity contribution in [2.24, 2.45) is 0 Å². The van der Waals surface area contributed by atoms with Crippen molar-refractivity contribution in [2.45, 2.75) is 39.2 Å². The third-order valence-corrected chi connectivity index (χ3v) is 3.61. The van der Waals surface area contributed by atoms with Gasteiger partial charge in [-0.15, -0.1) is 10.2 Å². The Labute approximate surface area is 98.9 Å². The molecule has 0 spiro atoms. The lowest BCUT2D eigenvalue weighted by molar-refractivity contribution is 0.562. The number of nitrogens with one attached hydrogen (secondary N) is 1. The molecular weight excluding hydrogens is 222 g/mol. The fourth-order valence-corrected chi connectivity index (χ4v) is 2.69. The topological polar surface area (TPSA) is 55.1 Å². The van der Waals surface area contributed by atoms with Crippen molar-refractivity contribution in [3.05, 3.63) is 10.8 Å². The Balaban J connectivity index is 2.44. The maximum atomic E-state index is 4.58. The van der Waals surface area contributed by atoms with Crippen LogP contribution < -0.4 is 5.32 Å². The van der Waals surface area contributed by atoms with E-state index in [-0.39, 0.29) is 0 Å². The molecule has 0 aliphatic rings. The van der Waals surface area contributed by atoms with E-state index in [1.807, 2.05) is 11.6 Å². The van der Waals surface area contributed by atoms with Crippen molar-refractivity contribution in [2.75, 3.05) is 7.05 Å². The van der Waals surface area contributed by atoms with Gasteiger partial charge in [-0.3, -0.25) is 0 Å². The molecule has 0 saturated heterocycles. The van der Waals surface area contributed by atoms with Crippen LogP contribution in [0.5, 0.6) is 0 Å². The van der Waals surface area contributed by atoms with Crippen LogP contribution in [0.25, 0.3) is 4.96 Å². The Morgan fingerprint density at radius 2 is 2.12 bits per heavy atom. The lowest BCUT2D eigenvalue weighted by Gasteiger charge is -2.08. The van der Waals surface area contributed by atoms with Gasteiger partial charge in [-0.05, 0) is 13.5 Å². The van der Waals surface area contributed by atoms with Gasteiger partial charge in [-0.2, -0.15) is 9.61 Å². The lowest BCUT2D eigenvalue weighted by Crippen LogP contribution is -2.15. The van der Waals surface area contributed by atoms with E-state index in [4.69, 9.17) is 0 Å². The second-order valence-electron chi connectivity index (χ2n) is 4.10. The molecule has 0 aliphatic heterocycles. The average molecular weight is 239 g/mol. The highest BCUT2D eigenvalue weighted by atomic mass is 32.1. The van der Waals surface area contributed by atoms with Crippen LogP contribution >= 0.6 is 11.3 Å². The molecule has 2 heterocycles. The van der Waals surface area contributed by atoms with Crippen LogP contribution in [0.1, 0.15) is 50.0 Å². The van der Waals surface area contributed by atoms with Gasteiger partial charge in [-0.25, -0.2) is 0 Å². The van der Waals surface area contributed by atoms with Crippen molar-refractivity contribution in [3.8, 4) is 0 Å². The van der Waals surface area contributed by atoms with Gasteiger partial charge >= 0.3 is 0 Å². The normalized spacial score (nSPS) is 13.8. The zero-order valence-corrected chi connectivity index (χ0v) is 10.9. The van der Waals surface area contributed by atoms with Gasteiger partial charge in [0, 0.05) is 5.92 Å². The molecule has 0 aromatic carbocycles. The molecule has 0 aliphatic carbocycles. The first-order valence-corrected chi connectivity index (χ1v) is 6.38. The SMILES string of the molecule is CCC(NC)c1nn2c(C(C)C)nnc2s1. The molecule has 0 amide bonds. The first kappa shape index (κ1) is 11.5. The molecule has 0 radical (unpaired) electrons. The van der Waals surface area contributed by atoms with Gasteiger partial charge in [0.1, 0.15) is 5.01 Å². The third kappa shape index (κ3) is 1.82. The van der Waals surface area contributed by atoms with Crippen LogP contribution in [0.4, 0.5) is 0 Å². The van der Waals surface area contributed by atoms with Gasteiger partial charge in [0.15, 0.2) is 5.82 Å². The summed E-state index contributed by atoms with van der Waals surface area (Å²) in [7, 11) is 1.96. The summed E-state index contributed by atoms with van der Waals surface area (Å²) in [4.78, 5) is 0.882. The number of hydrogen-bond acceptors (Lipinski definition) is 5. The summed E-state index contributed by atoms with van der Waals surface area (Å²) >= 11 is 1.61. The molecule has 1 atom stereocenters. The summed E-state index contributed by atoms with van der Waals surface area (Å²) < 4.78 is 1.87. The van der Waals surface area contributed by atoms with E-state index in [1.165, 1.54) is 0 Å². The van der Waals surface area contributed by atoms with Crippen molar-refractivity contribution in [1.82, 2.24) is 25.1 Å². The molecule has 2 aromatic rings. The number of rotatable bonds is 4. The highest BCUT2D eigenvalue weighted by Gasteiger charge is 2.17. The average Bonchev–Trinajstić information content (AvgIpc) is 2.78. The molecule has 88 valence electrons. The van der Waals surface area contributed by atoms with E-state index >= 15 is 0 Å². The summed E-state index contributed by atoms with van der Waals surface area (Å²) in [5.41, 5.74) is 0. The molecule has 1 N–H and O–H groups in total. The second-order valence-corrected chi connectivity index (χ2v) is 5.08. The molecule has 16 heavy (non-hydrogen) atoms. The molecule has 1 unspecified atom stereocenters. The Morgan fingerprint density at radius 1 is 1.38 bits per heavy atom. The molecule has 5 nitrogen and oxygen atoms in total. The summed E-state index contributed by atoms with van der Waals surface area (Å²) in [6.07, 6.45) is 1.03. The summed E-state index contributed by atoms with van der Waals surface area (Å²) in [5, 5.41) is 17.2. The Bertz CT molecular complexity index is 468. The predicted octanol–water partition coefficient (Wildman–Crippen LogP) is 1.98. The standard InChI is InChI=1S/C10H17N5S/c1-5-7(11-4)9-14-15-8(6(2)3)12-13-10(15)16-9/h6-7,11H,5H2,1-4H3. The number of fused-ring (bicyclic) bond motifs is 1. The minimum absolute atomic E-state index is 0.312. The zero-order chi connectivity index (χ0) is 11.7. The maximum Gasteiger partial charge on any atom is 0.234 e. The smallest absolute Gasteiger partial charge is 0.234 e. The molecule has 0 bridgehead atoms. The molecule has 2 rings (SSSR count). The monoisotopic (exact) mass is 239 g/mol. The third-order valence-electron chi connectivity index (χ3n) is 2.60. The highest BCUT2D eigenvalue weighted by molar-refractivity contribution is 7.16. The fraction of sp³-hybridized carbons (Fsp3) is 0.700. The van der Waals surface area contributed by atoms with Gasteiger partial charge in [0.25, 0.3) is 0 Å². The number of nitrogens with zero attached hydrogens (tertiary/aromatic N) is 4. The van der Waals surface area contributed by atoms with Crippen LogP contribution in [0.15, 0.2) is 0 Å². The van der Waals surface area contributed by atoms with E-state index < -0.39 is 0 Å². The fourth-order valence-electron chi connectivity index (χ4n) is 1.65. The second kappa shape index (κ2) is 4.47. The van der Waals surface area contributed by atoms with Gasteiger partial charge < -0.3 is 5.32 Å². The van der Waals surface area contributed by atoms with E-state index in [2.05, 4.69) is 41.4 Å². The van der Waals surface area contributed by atoms with E-state index in [0.29, 0.717) is 12.0 Å². The summed E-state index contributed by atoms with van der Waals surface area (Å²) in [6.45, 7) is 6.35. The maximum absolute atomic E-state index is 4.58. The van der Waals surface area contributed by atoms with Crippen molar-refractivity contribution >= 4 is 16.3 Å². The van der Waals surface area contributed by atoms with Gasteiger partial charge in [-0.1, -0.05) is 32.1 Å². The number of hydrogen-bond donors (Lipinski definition) is 1. The van der Waals surface area contributed by atoms with Crippen molar-refractivity contribution in [1.29, 1.82) is 0 Å². The van der Waals surface area contributed by atoms with E-state index in [1.54, 1.807) is 11.3 Å². The van der Waals surface area contributed by atoms with Crippen LogP contribution in [0.2, 0.25) is 0 Å².